The van der Waals surface area contributed by atoms with E-state index in [0.717, 1.165) is 31.9 Å². The minimum atomic E-state index is -0.199. The van der Waals surface area contributed by atoms with Gasteiger partial charge in [-0.15, -0.1) is 0 Å². The Labute approximate surface area is 160 Å². The lowest BCUT2D eigenvalue weighted by Gasteiger charge is -2.36. The van der Waals surface area contributed by atoms with Crippen LogP contribution in [0.3, 0.4) is 0 Å². The second kappa shape index (κ2) is 9.01. The summed E-state index contributed by atoms with van der Waals surface area (Å²) in [4.78, 5) is 23.7. The van der Waals surface area contributed by atoms with Crippen molar-refractivity contribution in [1.82, 2.24) is 14.9 Å². The number of benzene rings is 1. The first-order valence-electron chi connectivity index (χ1n) is 9.47. The SMILES string of the molecule is COCc1cc(=O)[nH]c(Nc2ccc(N3CCN(CC(C)C)CC3)cc2)n1. The third-order valence-electron chi connectivity index (χ3n) is 4.58. The maximum atomic E-state index is 11.7. The molecule has 3 rings (SSSR count). The standard InChI is InChI=1S/C20H29N5O2/c1-15(2)13-24-8-10-25(11-9-24)18-6-4-16(5-7-18)21-20-22-17(14-27-3)12-19(26)23-20/h4-7,12,15H,8-11,13-14H2,1-3H3,(H2,21,22,23,26). The smallest absolute Gasteiger partial charge is 0.252 e. The van der Waals surface area contributed by atoms with Crippen LogP contribution in [0.5, 0.6) is 0 Å². The minimum absolute atomic E-state index is 0.199. The predicted molar refractivity (Wildman–Crippen MR) is 109 cm³/mol. The molecule has 0 radical (unpaired) electrons. The second-order valence-electron chi connectivity index (χ2n) is 7.37. The average Bonchev–Trinajstić information content (AvgIpc) is 2.62. The summed E-state index contributed by atoms with van der Waals surface area (Å²) in [5, 5.41) is 3.15. The molecule has 0 atom stereocenters. The van der Waals surface area contributed by atoms with Gasteiger partial charge in [0.05, 0.1) is 12.3 Å². The van der Waals surface area contributed by atoms with Crippen LogP contribution in [-0.2, 0) is 11.3 Å². The number of nitrogens with one attached hydrogen (secondary N) is 2. The molecule has 0 unspecified atom stereocenters. The molecule has 27 heavy (non-hydrogen) atoms. The van der Waals surface area contributed by atoms with Crippen LogP contribution >= 0.6 is 0 Å². The fourth-order valence-electron chi connectivity index (χ4n) is 3.39. The topological polar surface area (TPSA) is 73.5 Å². The van der Waals surface area contributed by atoms with E-state index >= 15 is 0 Å². The molecule has 1 aromatic carbocycles. The number of aromatic nitrogens is 2. The van der Waals surface area contributed by atoms with Crippen molar-refractivity contribution in [2.24, 2.45) is 5.92 Å². The Hall–Kier alpha value is -2.38. The third-order valence-corrected chi connectivity index (χ3v) is 4.58. The van der Waals surface area contributed by atoms with Gasteiger partial charge in [0, 0.05) is 57.3 Å². The van der Waals surface area contributed by atoms with Crippen molar-refractivity contribution in [3.8, 4) is 0 Å². The maximum absolute atomic E-state index is 11.7. The Morgan fingerprint density at radius 2 is 1.89 bits per heavy atom. The molecule has 1 saturated heterocycles. The van der Waals surface area contributed by atoms with Crippen molar-refractivity contribution >= 4 is 17.3 Å². The third kappa shape index (κ3) is 5.55. The maximum Gasteiger partial charge on any atom is 0.252 e. The van der Waals surface area contributed by atoms with Gasteiger partial charge in [-0.3, -0.25) is 14.7 Å². The first-order valence-corrected chi connectivity index (χ1v) is 9.47. The summed E-state index contributed by atoms with van der Waals surface area (Å²) < 4.78 is 5.05. The zero-order valence-corrected chi connectivity index (χ0v) is 16.4. The lowest BCUT2D eigenvalue weighted by Crippen LogP contribution is -2.47. The number of hydrogen-bond acceptors (Lipinski definition) is 6. The highest BCUT2D eigenvalue weighted by molar-refractivity contribution is 5.59. The number of hydrogen-bond donors (Lipinski definition) is 2. The predicted octanol–water partition coefficient (Wildman–Crippen LogP) is 2.44. The van der Waals surface area contributed by atoms with Gasteiger partial charge in [-0.2, -0.15) is 0 Å². The molecule has 2 N–H and O–H groups in total. The number of ether oxygens (including phenoxy) is 1. The Bertz CT molecular complexity index is 780. The Balaban J connectivity index is 1.60. The van der Waals surface area contributed by atoms with Gasteiger partial charge in [-0.1, -0.05) is 13.8 Å². The quantitative estimate of drug-likeness (QED) is 0.779. The van der Waals surface area contributed by atoms with E-state index in [4.69, 9.17) is 4.74 Å². The largest absolute Gasteiger partial charge is 0.378 e. The molecule has 7 nitrogen and oxygen atoms in total. The zero-order valence-electron chi connectivity index (χ0n) is 16.4. The molecule has 0 aliphatic carbocycles. The fourth-order valence-corrected chi connectivity index (χ4v) is 3.39. The highest BCUT2D eigenvalue weighted by Crippen LogP contribution is 2.21. The van der Waals surface area contributed by atoms with Gasteiger partial charge < -0.3 is 15.0 Å². The van der Waals surface area contributed by atoms with Crippen molar-refractivity contribution in [2.45, 2.75) is 20.5 Å². The summed E-state index contributed by atoms with van der Waals surface area (Å²) in [5.41, 5.74) is 2.50. The van der Waals surface area contributed by atoms with Crippen LogP contribution in [0.1, 0.15) is 19.5 Å². The van der Waals surface area contributed by atoms with Crippen molar-refractivity contribution in [2.75, 3.05) is 50.1 Å². The van der Waals surface area contributed by atoms with Crippen LogP contribution in [0.2, 0.25) is 0 Å². The normalized spacial score (nSPS) is 15.3. The van der Waals surface area contributed by atoms with Crippen LogP contribution < -0.4 is 15.8 Å². The van der Waals surface area contributed by atoms with Gasteiger partial charge >= 0.3 is 0 Å². The number of rotatable bonds is 7. The minimum Gasteiger partial charge on any atom is -0.378 e. The molecular weight excluding hydrogens is 342 g/mol. The number of methoxy groups -OCH3 is 1. The number of piperazine rings is 1. The highest BCUT2D eigenvalue weighted by atomic mass is 16.5. The number of nitrogens with zero attached hydrogens (tertiary/aromatic N) is 3. The second-order valence-corrected chi connectivity index (χ2v) is 7.37. The Morgan fingerprint density at radius 3 is 2.52 bits per heavy atom. The molecule has 2 heterocycles. The monoisotopic (exact) mass is 371 g/mol. The van der Waals surface area contributed by atoms with Gasteiger partial charge in [0.25, 0.3) is 5.56 Å². The van der Waals surface area contributed by atoms with Gasteiger partial charge in [-0.25, -0.2) is 4.98 Å². The van der Waals surface area contributed by atoms with E-state index in [2.05, 4.69) is 51.1 Å². The fraction of sp³-hybridized carbons (Fsp3) is 0.500. The van der Waals surface area contributed by atoms with Crippen LogP contribution in [0, 0.1) is 5.92 Å². The van der Waals surface area contributed by atoms with E-state index in [9.17, 15) is 4.79 Å². The molecule has 1 aliphatic heterocycles. The first-order chi connectivity index (χ1) is 13.0. The van der Waals surface area contributed by atoms with Crippen LogP contribution in [-0.4, -0.2) is 54.7 Å². The van der Waals surface area contributed by atoms with Crippen LogP contribution in [0.25, 0.3) is 0 Å². The molecule has 0 spiro atoms. The Morgan fingerprint density at radius 1 is 1.19 bits per heavy atom. The van der Waals surface area contributed by atoms with Gasteiger partial charge in [0.15, 0.2) is 0 Å². The number of anilines is 3. The highest BCUT2D eigenvalue weighted by Gasteiger charge is 2.17. The van der Waals surface area contributed by atoms with Gasteiger partial charge in [0.1, 0.15) is 0 Å². The van der Waals surface area contributed by atoms with Gasteiger partial charge in [-0.05, 0) is 30.2 Å². The summed E-state index contributed by atoms with van der Waals surface area (Å²) >= 11 is 0. The van der Waals surface area contributed by atoms with E-state index in [-0.39, 0.29) is 5.56 Å². The van der Waals surface area contributed by atoms with Crippen molar-refractivity contribution in [1.29, 1.82) is 0 Å². The van der Waals surface area contributed by atoms with Crippen molar-refractivity contribution in [3.63, 3.8) is 0 Å². The molecule has 1 aliphatic rings. The molecule has 2 aromatic rings. The number of aromatic amines is 1. The zero-order chi connectivity index (χ0) is 19.2. The first kappa shape index (κ1) is 19.4. The molecule has 0 bridgehead atoms. The molecule has 1 fully saturated rings. The lowest BCUT2D eigenvalue weighted by molar-refractivity contribution is 0.181. The van der Waals surface area contributed by atoms with Crippen molar-refractivity contribution in [3.05, 3.63) is 46.4 Å². The summed E-state index contributed by atoms with van der Waals surface area (Å²) in [5.74, 6) is 1.13. The van der Waals surface area contributed by atoms with Crippen LogP contribution in [0.4, 0.5) is 17.3 Å². The summed E-state index contributed by atoms with van der Waals surface area (Å²) in [6.45, 7) is 10.3. The molecule has 7 heteroatoms. The lowest BCUT2D eigenvalue weighted by atomic mass is 10.2. The van der Waals surface area contributed by atoms with E-state index in [0.29, 0.717) is 24.2 Å². The molecule has 1 aromatic heterocycles. The summed E-state index contributed by atoms with van der Waals surface area (Å²) in [7, 11) is 1.58. The number of H-pyrrole nitrogens is 1. The van der Waals surface area contributed by atoms with Gasteiger partial charge in [0.2, 0.25) is 5.95 Å². The van der Waals surface area contributed by atoms with E-state index in [1.165, 1.54) is 18.3 Å². The van der Waals surface area contributed by atoms with E-state index in [1.54, 1.807) is 7.11 Å². The summed E-state index contributed by atoms with van der Waals surface area (Å²) in [6.07, 6.45) is 0. The Kier molecular flexibility index (Phi) is 6.47. The molecule has 0 saturated carbocycles. The van der Waals surface area contributed by atoms with E-state index < -0.39 is 0 Å². The molecular formula is C20H29N5O2. The van der Waals surface area contributed by atoms with E-state index in [1.807, 2.05) is 12.1 Å². The summed E-state index contributed by atoms with van der Waals surface area (Å²) in [6, 6.07) is 9.68. The van der Waals surface area contributed by atoms with Crippen molar-refractivity contribution < 1.29 is 4.74 Å². The average molecular weight is 371 g/mol. The molecule has 0 amide bonds. The molecule has 146 valence electrons. The van der Waals surface area contributed by atoms with Crippen LogP contribution in [0.15, 0.2) is 35.1 Å².